The molecule has 0 unspecified atom stereocenters. The smallest absolute Gasteiger partial charge is 0.294 e. The molecule has 0 saturated carbocycles. The van der Waals surface area contributed by atoms with Gasteiger partial charge in [-0.1, -0.05) is 66.2 Å². The molecule has 2 fully saturated rings. The van der Waals surface area contributed by atoms with Crippen LogP contribution in [0.3, 0.4) is 0 Å². The van der Waals surface area contributed by atoms with Gasteiger partial charge in [-0.3, -0.25) is 9.35 Å². The molecule has 2 aliphatic rings. The molecule has 204 valence electrons. The van der Waals surface area contributed by atoms with Crippen molar-refractivity contribution in [3.63, 3.8) is 0 Å². The third-order valence-electron chi connectivity index (χ3n) is 7.03. The number of aryl methyl sites for hydroxylation is 1. The molecule has 3 aromatic rings. The summed E-state index contributed by atoms with van der Waals surface area (Å²) in [4.78, 5) is 14.6. The third kappa shape index (κ3) is 7.45. The van der Waals surface area contributed by atoms with Crippen LogP contribution in [0.5, 0.6) is 5.75 Å². The Morgan fingerprint density at radius 2 is 1.77 bits per heavy atom. The van der Waals surface area contributed by atoms with Crippen LogP contribution in [0.2, 0.25) is 0 Å². The SMILES string of the molecule is Cc1ccc(S(=O)(=O)O)cc1.N#C[C@@H]1CCCN1C(=O)[C@@H]1C[C@H](c2ccccc2OCc2ccccc2)CN1. The van der Waals surface area contributed by atoms with Crippen LogP contribution in [-0.4, -0.2) is 49.0 Å². The van der Waals surface area contributed by atoms with Gasteiger partial charge in [0.25, 0.3) is 10.1 Å². The molecule has 2 aliphatic heterocycles. The second-order valence-electron chi connectivity index (χ2n) is 9.81. The highest BCUT2D eigenvalue weighted by Crippen LogP contribution is 2.34. The monoisotopic (exact) mass is 547 g/mol. The van der Waals surface area contributed by atoms with E-state index in [-0.39, 0.29) is 28.8 Å². The van der Waals surface area contributed by atoms with Crippen molar-refractivity contribution in [3.05, 3.63) is 95.6 Å². The summed E-state index contributed by atoms with van der Waals surface area (Å²) in [5.74, 6) is 1.17. The fraction of sp³-hybridized carbons (Fsp3) is 0.333. The first-order valence-corrected chi connectivity index (χ1v) is 14.4. The highest BCUT2D eigenvalue weighted by atomic mass is 32.2. The molecule has 5 rings (SSSR count). The van der Waals surface area contributed by atoms with Gasteiger partial charge in [0, 0.05) is 19.0 Å². The van der Waals surface area contributed by atoms with Crippen molar-refractivity contribution in [1.29, 1.82) is 5.26 Å². The van der Waals surface area contributed by atoms with Crippen LogP contribution in [0.4, 0.5) is 0 Å². The van der Waals surface area contributed by atoms with E-state index in [1.807, 2.05) is 43.3 Å². The molecule has 0 spiro atoms. The van der Waals surface area contributed by atoms with E-state index in [0.717, 1.165) is 48.2 Å². The molecule has 3 atom stereocenters. The lowest BCUT2D eigenvalue weighted by molar-refractivity contribution is -0.133. The predicted octanol–water partition coefficient (Wildman–Crippen LogP) is 4.47. The number of carbonyl (C=O) groups is 1. The van der Waals surface area contributed by atoms with E-state index in [9.17, 15) is 18.5 Å². The van der Waals surface area contributed by atoms with Gasteiger partial charge in [-0.25, -0.2) is 0 Å². The molecule has 2 saturated heterocycles. The van der Waals surface area contributed by atoms with Gasteiger partial charge >= 0.3 is 0 Å². The van der Waals surface area contributed by atoms with Crippen molar-refractivity contribution in [2.75, 3.05) is 13.1 Å². The molecule has 0 aromatic heterocycles. The lowest BCUT2D eigenvalue weighted by atomic mass is 9.95. The average molecular weight is 548 g/mol. The minimum absolute atomic E-state index is 0.0641. The molecule has 39 heavy (non-hydrogen) atoms. The predicted molar refractivity (Wildman–Crippen MR) is 148 cm³/mol. The van der Waals surface area contributed by atoms with E-state index in [2.05, 4.69) is 29.6 Å². The van der Waals surface area contributed by atoms with Crippen LogP contribution in [0.15, 0.2) is 83.8 Å². The van der Waals surface area contributed by atoms with Gasteiger partial charge in [-0.15, -0.1) is 0 Å². The van der Waals surface area contributed by atoms with Crippen molar-refractivity contribution >= 4 is 16.0 Å². The third-order valence-corrected chi connectivity index (χ3v) is 7.90. The zero-order valence-corrected chi connectivity index (χ0v) is 22.7. The number of likely N-dealkylation sites (tertiary alicyclic amines) is 1. The van der Waals surface area contributed by atoms with Crippen LogP contribution < -0.4 is 10.1 Å². The van der Waals surface area contributed by atoms with Crippen molar-refractivity contribution in [2.24, 2.45) is 0 Å². The normalized spacial score (nSPS) is 20.5. The Labute approximate surface area is 230 Å². The van der Waals surface area contributed by atoms with Gasteiger partial charge in [0.05, 0.1) is 17.0 Å². The summed E-state index contributed by atoms with van der Waals surface area (Å²) in [5.41, 5.74) is 3.23. The quantitative estimate of drug-likeness (QED) is 0.437. The maximum atomic E-state index is 12.9. The van der Waals surface area contributed by atoms with Crippen LogP contribution >= 0.6 is 0 Å². The molecule has 2 N–H and O–H groups in total. The number of nitrogens with zero attached hydrogens (tertiary/aromatic N) is 2. The van der Waals surface area contributed by atoms with E-state index in [4.69, 9.17) is 9.29 Å². The fourth-order valence-corrected chi connectivity index (χ4v) is 5.40. The average Bonchev–Trinajstić information content (AvgIpc) is 3.63. The summed E-state index contributed by atoms with van der Waals surface area (Å²) in [6.07, 6.45) is 2.43. The fourth-order valence-electron chi connectivity index (χ4n) is 4.92. The molecule has 0 bridgehead atoms. The number of nitriles is 1. The molecule has 3 aromatic carbocycles. The zero-order chi connectivity index (χ0) is 27.8. The van der Waals surface area contributed by atoms with Gasteiger partial charge in [-0.05, 0) is 55.5 Å². The molecule has 0 radical (unpaired) electrons. The molecular weight excluding hydrogens is 514 g/mol. The standard InChI is InChI=1S/C23H25N3O2.C7H8O3S/c24-14-19-9-6-12-26(19)23(27)21-13-18(15-25-21)20-10-4-5-11-22(20)28-16-17-7-2-1-3-8-17;1-6-2-4-7(5-3-6)11(8,9)10/h1-5,7-8,10-11,18-19,21,25H,6,9,12-13,15-16H2;2-5H,1H3,(H,8,9,10)/t18-,19-,21-;/m0./s1. The van der Waals surface area contributed by atoms with Gasteiger partial charge in [-0.2, -0.15) is 13.7 Å². The number of ether oxygens (including phenoxy) is 1. The minimum atomic E-state index is -4.02. The van der Waals surface area contributed by atoms with Gasteiger partial charge in [0.15, 0.2) is 0 Å². The molecule has 1 amide bonds. The second-order valence-corrected chi connectivity index (χ2v) is 11.2. The largest absolute Gasteiger partial charge is 0.489 e. The summed E-state index contributed by atoms with van der Waals surface area (Å²) in [7, 11) is -4.02. The molecule has 8 nitrogen and oxygen atoms in total. The summed E-state index contributed by atoms with van der Waals surface area (Å²) in [6, 6.07) is 26.0. The van der Waals surface area contributed by atoms with Crippen molar-refractivity contribution in [2.45, 2.75) is 55.7 Å². The van der Waals surface area contributed by atoms with Crippen LogP contribution in [0.1, 0.15) is 41.9 Å². The van der Waals surface area contributed by atoms with Crippen LogP contribution in [0, 0.1) is 18.3 Å². The van der Waals surface area contributed by atoms with Gasteiger partial charge in [0.1, 0.15) is 18.4 Å². The first kappa shape index (κ1) is 28.3. The van der Waals surface area contributed by atoms with Crippen LogP contribution in [0.25, 0.3) is 0 Å². The molecule has 9 heteroatoms. The number of para-hydroxylation sites is 1. The summed E-state index contributed by atoms with van der Waals surface area (Å²) >= 11 is 0. The Morgan fingerprint density at radius 1 is 1.08 bits per heavy atom. The Morgan fingerprint density at radius 3 is 2.46 bits per heavy atom. The number of carbonyl (C=O) groups excluding carboxylic acids is 1. The van der Waals surface area contributed by atoms with E-state index < -0.39 is 10.1 Å². The number of rotatable bonds is 6. The Kier molecular flexibility index (Phi) is 9.36. The topological polar surface area (TPSA) is 120 Å². The Balaban J connectivity index is 0.000000270. The zero-order valence-electron chi connectivity index (χ0n) is 21.9. The number of amides is 1. The van der Waals surface area contributed by atoms with Crippen molar-refractivity contribution in [1.82, 2.24) is 10.2 Å². The lowest BCUT2D eigenvalue weighted by Gasteiger charge is -2.23. The summed E-state index contributed by atoms with van der Waals surface area (Å²) < 4.78 is 35.7. The number of hydrogen-bond donors (Lipinski definition) is 2. The van der Waals surface area contributed by atoms with Gasteiger partial charge < -0.3 is 15.0 Å². The Bertz CT molecular complexity index is 1400. The van der Waals surface area contributed by atoms with E-state index in [0.29, 0.717) is 13.2 Å². The molecular formula is C30H33N3O5S. The lowest BCUT2D eigenvalue weighted by Crippen LogP contribution is -2.45. The van der Waals surface area contributed by atoms with Gasteiger partial charge in [0.2, 0.25) is 5.91 Å². The maximum absolute atomic E-state index is 12.9. The molecule has 2 heterocycles. The molecule has 0 aliphatic carbocycles. The first-order valence-electron chi connectivity index (χ1n) is 13.0. The number of nitrogens with one attached hydrogen (secondary N) is 1. The number of benzene rings is 3. The second kappa shape index (κ2) is 12.9. The van der Waals surface area contributed by atoms with Crippen molar-refractivity contribution in [3.8, 4) is 11.8 Å². The highest BCUT2D eigenvalue weighted by molar-refractivity contribution is 7.85. The van der Waals surface area contributed by atoms with E-state index in [1.54, 1.807) is 17.0 Å². The summed E-state index contributed by atoms with van der Waals surface area (Å²) in [5, 5.41) is 12.6. The maximum Gasteiger partial charge on any atom is 0.294 e. The van der Waals surface area contributed by atoms with Crippen LogP contribution in [-0.2, 0) is 21.5 Å². The number of hydrogen-bond acceptors (Lipinski definition) is 6. The minimum Gasteiger partial charge on any atom is -0.489 e. The van der Waals surface area contributed by atoms with E-state index in [1.165, 1.54) is 12.1 Å². The Hall–Kier alpha value is -3.71. The van der Waals surface area contributed by atoms with E-state index >= 15 is 0 Å². The summed E-state index contributed by atoms with van der Waals surface area (Å²) in [6.45, 7) is 3.80. The van der Waals surface area contributed by atoms with Crippen molar-refractivity contribution < 1.29 is 22.5 Å². The highest BCUT2D eigenvalue weighted by Gasteiger charge is 2.38. The first-order chi connectivity index (χ1) is 18.8.